The van der Waals surface area contributed by atoms with Gasteiger partial charge < -0.3 is 19.5 Å². The van der Waals surface area contributed by atoms with Crippen molar-refractivity contribution in [2.75, 3.05) is 27.3 Å². The van der Waals surface area contributed by atoms with Crippen LogP contribution in [0.3, 0.4) is 0 Å². The number of rotatable bonds is 12. The Kier molecular flexibility index (Phi) is 9.96. The first-order valence-electron chi connectivity index (χ1n) is 13.7. The van der Waals surface area contributed by atoms with Crippen molar-refractivity contribution in [1.82, 2.24) is 10.2 Å². The Bertz CT molecular complexity index is 1510. The van der Waals surface area contributed by atoms with Crippen molar-refractivity contribution in [2.24, 2.45) is 0 Å². The molecular weight excluding hydrogens is 545 g/mol. The standard InChI is InChI=1S/C33H35F3N2O4/c1-5-38(21-25-9-13-28(40-3)20-31(25)41-4)18-17-22(2)37-32(39)24-10-16-29-23(19-24)7-6-8-30(29)42-27-14-11-26(12-15-27)33(34,35)36/h6-16,19-20,22H,5,17-18,21H2,1-4H3,(H,37,39)/t22-/m1/s1. The fourth-order valence-corrected chi connectivity index (χ4v) is 4.65. The number of alkyl halides is 3. The van der Waals surface area contributed by atoms with Crippen LogP contribution in [-0.4, -0.2) is 44.2 Å². The van der Waals surface area contributed by atoms with Gasteiger partial charge in [-0.1, -0.05) is 25.1 Å². The van der Waals surface area contributed by atoms with E-state index in [2.05, 4.69) is 17.1 Å². The molecule has 222 valence electrons. The quantitative estimate of drug-likeness (QED) is 0.186. The molecule has 1 amide bonds. The smallest absolute Gasteiger partial charge is 0.416 e. The molecule has 0 saturated heterocycles. The van der Waals surface area contributed by atoms with Crippen molar-refractivity contribution in [1.29, 1.82) is 0 Å². The van der Waals surface area contributed by atoms with E-state index in [-0.39, 0.29) is 17.7 Å². The first-order valence-corrected chi connectivity index (χ1v) is 13.7. The molecule has 0 aliphatic heterocycles. The van der Waals surface area contributed by atoms with E-state index in [1.165, 1.54) is 12.1 Å². The molecule has 1 atom stereocenters. The Morgan fingerprint density at radius 1 is 0.905 bits per heavy atom. The Morgan fingerprint density at radius 3 is 2.31 bits per heavy atom. The fourth-order valence-electron chi connectivity index (χ4n) is 4.65. The second-order valence-electron chi connectivity index (χ2n) is 10.0. The summed E-state index contributed by atoms with van der Waals surface area (Å²) in [5.41, 5.74) is 0.837. The third-order valence-electron chi connectivity index (χ3n) is 7.10. The maximum Gasteiger partial charge on any atom is 0.416 e. The molecule has 0 saturated carbocycles. The third kappa shape index (κ3) is 7.73. The third-order valence-corrected chi connectivity index (χ3v) is 7.10. The number of benzene rings is 4. The summed E-state index contributed by atoms with van der Waals surface area (Å²) in [6, 6.07) is 21.0. The largest absolute Gasteiger partial charge is 0.497 e. The molecule has 0 heterocycles. The Labute approximate surface area is 244 Å². The Hall–Kier alpha value is -4.24. The normalized spacial score (nSPS) is 12.3. The molecule has 0 bridgehead atoms. The number of hydrogen-bond acceptors (Lipinski definition) is 5. The van der Waals surface area contributed by atoms with E-state index in [9.17, 15) is 18.0 Å². The average Bonchev–Trinajstić information content (AvgIpc) is 2.98. The van der Waals surface area contributed by atoms with E-state index < -0.39 is 11.7 Å². The predicted molar refractivity (Wildman–Crippen MR) is 158 cm³/mol. The molecular formula is C33H35F3N2O4. The summed E-state index contributed by atoms with van der Waals surface area (Å²) in [5.74, 6) is 2.11. The zero-order valence-electron chi connectivity index (χ0n) is 24.1. The van der Waals surface area contributed by atoms with Crippen LogP contribution in [-0.2, 0) is 12.7 Å². The van der Waals surface area contributed by atoms with E-state index in [0.717, 1.165) is 59.5 Å². The van der Waals surface area contributed by atoms with Crippen LogP contribution in [0.4, 0.5) is 13.2 Å². The second kappa shape index (κ2) is 13.6. The predicted octanol–water partition coefficient (Wildman–Crippen LogP) is 7.70. The molecule has 4 rings (SSSR count). The number of nitrogens with one attached hydrogen (secondary N) is 1. The summed E-state index contributed by atoms with van der Waals surface area (Å²) in [5, 5.41) is 4.61. The lowest BCUT2D eigenvalue weighted by Gasteiger charge is -2.24. The lowest BCUT2D eigenvalue weighted by molar-refractivity contribution is -0.137. The van der Waals surface area contributed by atoms with Crippen molar-refractivity contribution < 1.29 is 32.2 Å². The maximum absolute atomic E-state index is 13.1. The van der Waals surface area contributed by atoms with Crippen molar-refractivity contribution >= 4 is 16.7 Å². The highest BCUT2D eigenvalue weighted by Gasteiger charge is 2.30. The van der Waals surface area contributed by atoms with Crippen molar-refractivity contribution in [3.63, 3.8) is 0 Å². The van der Waals surface area contributed by atoms with Crippen LogP contribution in [0.2, 0.25) is 0 Å². The number of nitrogens with zero attached hydrogens (tertiary/aromatic N) is 1. The molecule has 0 aliphatic rings. The molecule has 9 heteroatoms. The van der Waals surface area contributed by atoms with Gasteiger partial charge in [-0.05, 0) is 79.9 Å². The number of carbonyl (C=O) groups excluding carboxylic acids is 1. The van der Waals surface area contributed by atoms with Gasteiger partial charge in [0.25, 0.3) is 5.91 Å². The van der Waals surface area contributed by atoms with Crippen molar-refractivity contribution in [3.05, 3.63) is 95.6 Å². The molecule has 0 unspecified atom stereocenters. The second-order valence-corrected chi connectivity index (χ2v) is 10.0. The lowest BCUT2D eigenvalue weighted by Crippen LogP contribution is -2.36. The summed E-state index contributed by atoms with van der Waals surface area (Å²) in [7, 11) is 3.27. The van der Waals surface area contributed by atoms with Gasteiger partial charge in [0.2, 0.25) is 0 Å². The summed E-state index contributed by atoms with van der Waals surface area (Å²) in [4.78, 5) is 15.4. The number of hydrogen-bond donors (Lipinski definition) is 1. The SMILES string of the molecule is CCN(CC[C@@H](C)NC(=O)c1ccc2c(Oc3ccc(C(F)(F)F)cc3)cccc2c1)Cc1ccc(OC)cc1OC. The number of amides is 1. The van der Waals surface area contributed by atoms with Gasteiger partial charge >= 0.3 is 6.18 Å². The van der Waals surface area contributed by atoms with Gasteiger partial charge in [-0.3, -0.25) is 9.69 Å². The topological polar surface area (TPSA) is 60.0 Å². The van der Waals surface area contributed by atoms with E-state index in [4.69, 9.17) is 14.2 Å². The summed E-state index contributed by atoms with van der Waals surface area (Å²) in [6.45, 7) is 6.43. The summed E-state index contributed by atoms with van der Waals surface area (Å²) < 4.78 is 55.3. The van der Waals surface area contributed by atoms with E-state index >= 15 is 0 Å². The first-order chi connectivity index (χ1) is 20.1. The minimum absolute atomic E-state index is 0.0608. The van der Waals surface area contributed by atoms with Crippen LogP contribution in [0.25, 0.3) is 10.8 Å². The van der Waals surface area contributed by atoms with Crippen LogP contribution in [0.5, 0.6) is 23.0 Å². The van der Waals surface area contributed by atoms with Gasteiger partial charge in [0.1, 0.15) is 23.0 Å². The minimum atomic E-state index is -4.41. The molecule has 1 N–H and O–H groups in total. The first kappa shape index (κ1) is 30.7. The maximum atomic E-state index is 13.1. The van der Waals surface area contributed by atoms with E-state index in [0.29, 0.717) is 17.9 Å². The van der Waals surface area contributed by atoms with E-state index in [1.807, 2.05) is 31.2 Å². The monoisotopic (exact) mass is 580 g/mol. The number of carbonyl (C=O) groups is 1. The minimum Gasteiger partial charge on any atom is -0.497 e. The fraction of sp³-hybridized carbons (Fsp3) is 0.303. The van der Waals surface area contributed by atoms with Crippen LogP contribution in [0.15, 0.2) is 78.9 Å². The molecule has 0 fully saturated rings. The summed E-state index contributed by atoms with van der Waals surface area (Å²) in [6.07, 6.45) is -3.65. The Morgan fingerprint density at radius 2 is 1.64 bits per heavy atom. The van der Waals surface area contributed by atoms with Crippen LogP contribution < -0.4 is 19.5 Å². The number of halogens is 3. The zero-order chi connectivity index (χ0) is 30.3. The molecule has 6 nitrogen and oxygen atoms in total. The van der Waals surface area contributed by atoms with Gasteiger partial charge in [0.05, 0.1) is 19.8 Å². The molecule has 0 spiro atoms. The molecule has 42 heavy (non-hydrogen) atoms. The molecule has 4 aromatic carbocycles. The molecule has 0 aromatic heterocycles. The van der Waals surface area contributed by atoms with Gasteiger partial charge in [-0.25, -0.2) is 0 Å². The highest BCUT2D eigenvalue weighted by atomic mass is 19.4. The average molecular weight is 581 g/mol. The van der Waals surface area contributed by atoms with Crippen LogP contribution in [0, 0.1) is 0 Å². The van der Waals surface area contributed by atoms with Crippen molar-refractivity contribution in [2.45, 2.75) is 39.0 Å². The van der Waals surface area contributed by atoms with Gasteiger partial charge in [-0.2, -0.15) is 13.2 Å². The number of ether oxygens (including phenoxy) is 3. The van der Waals surface area contributed by atoms with Crippen LogP contribution in [0.1, 0.15) is 41.8 Å². The van der Waals surface area contributed by atoms with Gasteiger partial charge in [0, 0.05) is 41.7 Å². The highest BCUT2D eigenvalue weighted by molar-refractivity contribution is 6.00. The van der Waals surface area contributed by atoms with Gasteiger partial charge in [-0.15, -0.1) is 0 Å². The van der Waals surface area contributed by atoms with Crippen molar-refractivity contribution in [3.8, 4) is 23.0 Å². The van der Waals surface area contributed by atoms with E-state index in [1.54, 1.807) is 44.6 Å². The number of methoxy groups -OCH3 is 2. The van der Waals surface area contributed by atoms with Gasteiger partial charge in [0.15, 0.2) is 0 Å². The highest BCUT2D eigenvalue weighted by Crippen LogP contribution is 2.34. The lowest BCUT2D eigenvalue weighted by atomic mass is 10.1. The summed E-state index contributed by atoms with van der Waals surface area (Å²) >= 11 is 0. The Balaban J connectivity index is 1.36. The van der Waals surface area contributed by atoms with Crippen LogP contribution >= 0.6 is 0 Å². The zero-order valence-corrected chi connectivity index (χ0v) is 24.1. The molecule has 0 radical (unpaired) electrons. The molecule has 4 aromatic rings. The number of fused-ring (bicyclic) bond motifs is 1. The molecule has 0 aliphatic carbocycles.